The normalized spacial score (nSPS) is 22.3. The topological polar surface area (TPSA) is 9.23 Å². The molecule has 0 heterocycles. The Morgan fingerprint density at radius 2 is 0.830 bits per heavy atom. The number of allylic oxidation sites excluding steroid dienone is 2. The first-order valence-electron chi connectivity index (χ1n) is 21.3. The van der Waals surface area contributed by atoms with Crippen LogP contribution in [0.25, 0.3) is 0 Å². The van der Waals surface area contributed by atoms with Gasteiger partial charge in [0.25, 0.3) is 0 Å². The monoisotopic (exact) mass is 870 g/mol. The summed E-state index contributed by atoms with van der Waals surface area (Å²) in [4.78, 5) is 0. The zero-order chi connectivity index (χ0) is 35.2. The average molecular weight is 869 g/mol. The van der Waals surface area contributed by atoms with Gasteiger partial charge in [0.2, 0.25) is 0 Å². The zero-order valence-corrected chi connectivity index (χ0v) is 40.1. The minimum absolute atomic E-state index is 0.0114. The van der Waals surface area contributed by atoms with Crippen LogP contribution in [0.2, 0.25) is 24.6 Å². The maximum absolute atomic E-state index is 8.97. The van der Waals surface area contributed by atoms with Gasteiger partial charge >= 0.3 is 308 Å². The molecule has 2 aliphatic carbocycles. The second-order valence-corrected chi connectivity index (χ2v) is 49.5. The van der Waals surface area contributed by atoms with E-state index >= 15 is 0 Å². The summed E-state index contributed by atoms with van der Waals surface area (Å²) in [6.07, 6.45) is 34.9. The molecular weight excluding hydrogens is 782 g/mol. The fourth-order valence-electron chi connectivity index (χ4n) is 11.6. The van der Waals surface area contributed by atoms with Crippen LogP contribution in [0, 0.1) is 11.8 Å². The Hall–Kier alpha value is 1.04. The molecule has 0 spiro atoms. The van der Waals surface area contributed by atoms with E-state index in [9.17, 15) is 0 Å². The molecule has 0 N–H and O–H groups in total. The van der Waals surface area contributed by atoms with E-state index in [-0.39, 0.29) is 7.23 Å². The van der Waals surface area contributed by atoms with Crippen molar-refractivity contribution < 1.29 is 4.74 Å². The van der Waals surface area contributed by atoms with Gasteiger partial charge in [-0.1, -0.05) is 0 Å². The fourth-order valence-corrected chi connectivity index (χ4v) is 57.8. The van der Waals surface area contributed by atoms with Crippen LogP contribution in [-0.2, 0) is 4.74 Å². The fraction of sp³-hybridized carbons (Fsp3) is 0.909. The molecule has 2 rings (SSSR count). The molecule has 3 heteroatoms. The number of ether oxygens (including phenoxy) is 1. The first-order chi connectivity index (χ1) is 22.3. The van der Waals surface area contributed by atoms with Crippen LogP contribution in [0.15, 0.2) is 24.3 Å². The number of rotatable bonds is 24. The molecule has 0 fully saturated rings. The third kappa shape index (κ3) is 9.73. The zero-order valence-electron chi connectivity index (χ0n) is 34.4. The third-order valence-corrected chi connectivity index (χ3v) is 58.0. The van der Waals surface area contributed by atoms with Crippen LogP contribution in [0.5, 0.6) is 0 Å². The van der Waals surface area contributed by atoms with Gasteiger partial charge in [0, 0.05) is 0 Å². The van der Waals surface area contributed by atoms with Gasteiger partial charge < -0.3 is 0 Å². The minimum atomic E-state index is -3.22. The standard InChI is InChI=1S/C16H24O.2C6H13.4C4H9.2Sn/c1-13(15-9-5-3-6-10-15)17-14(2)16-11-7-4-8-12-16;2*1-4-5-6(2)3;4*1-3-4-2;;/h5,7,9,11,15-16H,3-4,6,8,10,12H2,1-2H3;2*4-5H2,1-3H3;4*1,3-4H2,2H3;;. The Bertz CT molecular complexity index is 843. The molecule has 0 saturated carbocycles. The summed E-state index contributed by atoms with van der Waals surface area (Å²) in [5, 5.41) is 0. The molecule has 0 amide bonds. The van der Waals surface area contributed by atoms with Crippen molar-refractivity contribution in [1.82, 2.24) is 0 Å². The second-order valence-electron chi connectivity index (χ2n) is 18.1. The molecular formula is C44H86OSn2. The summed E-state index contributed by atoms with van der Waals surface area (Å²) in [6.45, 7) is 31.5. The van der Waals surface area contributed by atoms with Crippen LogP contribution >= 0.6 is 0 Å². The van der Waals surface area contributed by atoms with Crippen molar-refractivity contribution in [3.63, 3.8) is 0 Å². The van der Waals surface area contributed by atoms with Gasteiger partial charge in [-0.3, -0.25) is 0 Å². The Kier molecular flexibility index (Phi) is 19.1. The van der Waals surface area contributed by atoms with E-state index in [2.05, 4.69) is 107 Å². The molecule has 0 saturated heterocycles. The Balaban J connectivity index is 3.14. The van der Waals surface area contributed by atoms with Crippen LogP contribution in [0.1, 0.15) is 199 Å². The maximum atomic E-state index is 8.97. The molecule has 276 valence electrons. The molecule has 4 atom stereocenters. The number of hydrogen-bond acceptors (Lipinski definition) is 1. The van der Waals surface area contributed by atoms with Crippen molar-refractivity contribution in [3.05, 3.63) is 24.3 Å². The summed E-state index contributed by atoms with van der Waals surface area (Å²) in [5.41, 5.74) is 0. The molecule has 0 aromatic carbocycles. The molecule has 47 heavy (non-hydrogen) atoms. The van der Waals surface area contributed by atoms with Crippen molar-refractivity contribution in [3.8, 4) is 0 Å². The van der Waals surface area contributed by atoms with Crippen molar-refractivity contribution in [2.45, 2.75) is 231 Å². The van der Waals surface area contributed by atoms with Gasteiger partial charge in [-0.2, -0.15) is 0 Å². The molecule has 2 aliphatic rings. The first-order valence-corrected chi connectivity index (χ1v) is 35.1. The SMILES string of the molecule is CCC[CH2][Sn]([CH2]CCC)([C](C)(C)CCC)[C](C)(O[C](C)(C1C=CCCC1)[Sn]([CH2]CCC)([CH2]CCC)[C](C)(C)CCC)C1C=CCCC1. The van der Waals surface area contributed by atoms with Crippen LogP contribution in [0.4, 0.5) is 0 Å². The van der Waals surface area contributed by atoms with Crippen molar-refractivity contribution >= 4 is 36.8 Å². The van der Waals surface area contributed by atoms with E-state index < -0.39 is 36.8 Å². The van der Waals surface area contributed by atoms with Crippen molar-refractivity contribution in [2.75, 3.05) is 0 Å². The molecule has 0 aromatic rings. The van der Waals surface area contributed by atoms with Crippen LogP contribution < -0.4 is 0 Å². The Labute approximate surface area is 305 Å². The van der Waals surface area contributed by atoms with Gasteiger partial charge in [0.05, 0.1) is 0 Å². The summed E-state index contributed by atoms with van der Waals surface area (Å²) in [7, 11) is 0. The van der Waals surface area contributed by atoms with E-state index in [0.29, 0.717) is 18.7 Å². The molecule has 0 aromatic heterocycles. The van der Waals surface area contributed by atoms with Gasteiger partial charge in [-0.25, -0.2) is 0 Å². The predicted octanol–water partition coefficient (Wildman–Crippen LogP) is 15.6. The summed E-state index contributed by atoms with van der Waals surface area (Å²) in [6, 6.07) is 0. The van der Waals surface area contributed by atoms with E-state index in [1.807, 2.05) is 0 Å². The quantitative estimate of drug-likeness (QED) is 0.0694. The molecule has 4 unspecified atom stereocenters. The van der Waals surface area contributed by atoms with Crippen LogP contribution in [0.3, 0.4) is 0 Å². The van der Waals surface area contributed by atoms with E-state index in [1.165, 1.54) is 133 Å². The van der Waals surface area contributed by atoms with Gasteiger partial charge in [-0.15, -0.1) is 0 Å². The summed E-state index contributed by atoms with van der Waals surface area (Å²) < 4.78 is 15.9. The summed E-state index contributed by atoms with van der Waals surface area (Å²) >= 11 is -6.44. The van der Waals surface area contributed by atoms with E-state index in [4.69, 9.17) is 4.74 Å². The second kappa shape index (κ2) is 20.3. The molecule has 0 aliphatic heterocycles. The number of hydrogen-bond donors (Lipinski definition) is 0. The van der Waals surface area contributed by atoms with Crippen molar-refractivity contribution in [2.24, 2.45) is 11.8 Å². The third-order valence-electron chi connectivity index (χ3n) is 14.4. The van der Waals surface area contributed by atoms with E-state index in [1.54, 1.807) is 0 Å². The molecule has 1 nitrogen and oxygen atoms in total. The predicted molar refractivity (Wildman–Crippen MR) is 219 cm³/mol. The van der Waals surface area contributed by atoms with E-state index in [0.717, 1.165) is 0 Å². The average Bonchev–Trinajstić information content (AvgIpc) is 3.05. The molecule has 0 bridgehead atoms. The Morgan fingerprint density at radius 3 is 1.06 bits per heavy atom. The van der Waals surface area contributed by atoms with Gasteiger partial charge in [0.15, 0.2) is 0 Å². The van der Waals surface area contributed by atoms with Crippen LogP contribution in [-0.4, -0.2) is 44.0 Å². The molecule has 0 radical (unpaired) electrons. The number of unbranched alkanes of at least 4 members (excludes halogenated alkanes) is 4. The van der Waals surface area contributed by atoms with Gasteiger partial charge in [0.1, 0.15) is 0 Å². The Morgan fingerprint density at radius 1 is 0.511 bits per heavy atom. The summed E-state index contributed by atoms with van der Waals surface area (Å²) in [5.74, 6) is 1.17. The van der Waals surface area contributed by atoms with Crippen molar-refractivity contribution in [1.29, 1.82) is 0 Å². The van der Waals surface area contributed by atoms with Gasteiger partial charge in [-0.05, 0) is 0 Å². The first kappa shape index (κ1) is 44.2.